The predicted molar refractivity (Wildman–Crippen MR) is 118 cm³/mol. The molecule has 1 amide bonds. The Morgan fingerprint density at radius 1 is 1.13 bits per heavy atom. The number of carbonyl (C=O) groups excluding carboxylic acids is 2. The van der Waals surface area contributed by atoms with Gasteiger partial charge < -0.3 is 19.5 Å². The van der Waals surface area contributed by atoms with Crippen LogP contribution in [0.15, 0.2) is 36.4 Å². The zero-order valence-electron chi connectivity index (χ0n) is 18.0. The third kappa shape index (κ3) is 5.66. The molecule has 0 aromatic heterocycles. The van der Waals surface area contributed by atoms with Gasteiger partial charge in [0.05, 0.1) is 24.3 Å². The van der Waals surface area contributed by atoms with E-state index in [-0.39, 0.29) is 16.5 Å². The number of amides is 1. The summed E-state index contributed by atoms with van der Waals surface area (Å²) in [6.07, 6.45) is -0.0589. The Bertz CT molecular complexity index is 899. The van der Waals surface area contributed by atoms with Crippen LogP contribution in [0, 0.1) is 0 Å². The Morgan fingerprint density at radius 3 is 2.47 bits per heavy atom. The minimum atomic E-state index is -1.00. The number of anilines is 1. The van der Waals surface area contributed by atoms with Crippen molar-refractivity contribution in [2.24, 2.45) is 0 Å². The fraction of sp³-hybridized carbons (Fsp3) is 0.391. The molecule has 7 heteroatoms. The SMILES string of the molecule is CCOc1c(Cl)cc(C(=O)OC(C)C(=O)Nc2ccccc2C(C)CC)cc1OC. The van der Waals surface area contributed by atoms with Gasteiger partial charge in [0.2, 0.25) is 0 Å². The van der Waals surface area contributed by atoms with E-state index < -0.39 is 18.0 Å². The maximum atomic E-state index is 12.6. The number of rotatable bonds is 9. The molecule has 0 saturated heterocycles. The summed E-state index contributed by atoms with van der Waals surface area (Å²) in [4.78, 5) is 25.2. The number of nitrogens with one attached hydrogen (secondary N) is 1. The van der Waals surface area contributed by atoms with E-state index in [0.29, 0.717) is 23.8 Å². The lowest BCUT2D eigenvalue weighted by molar-refractivity contribution is -0.123. The van der Waals surface area contributed by atoms with Crippen LogP contribution in [0.1, 0.15) is 56.0 Å². The van der Waals surface area contributed by atoms with Gasteiger partial charge in [-0.1, -0.05) is 43.6 Å². The number of methoxy groups -OCH3 is 1. The quantitative estimate of drug-likeness (QED) is 0.532. The molecule has 2 atom stereocenters. The van der Waals surface area contributed by atoms with E-state index in [1.807, 2.05) is 31.2 Å². The topological polar surface area (TPSA) is 73.9 Å². The number of benzene rings is 2. The third-order valence-corrected chi connectivity index (χ3v) is 5.05. The molecule has 0 spiro atoms. The Morgan fingerprint density at radius 2 is 1.83 bits per heavy atom. The van der Waals surface area contributed by atoms with E-state index in [4.69, 9.17) is 25.8 Å². The highest BCUT2D eigenvalue weighted by molar-refractivity contribution is 6.32. The van der Waals surface area contributed by atoms with Crippen LogP contribution in [-0.2, 0) is 9.53 Å². The smallest absolute Gasteiger partial charge is 0.339 e. The molecule has 0 heterocycles. The van der Waals surface area contributed by atoms with Crippen molar-refractivity contribution < 1.29 is 23.8 Å². The van der Waals surface area contributed by atoms with E-state index in [0.717, 1.165) is 12.0 Å². The van der Waals surface area contributed by atoms with Gasteiger partial charge in [-0.05, 0) is 49.9 Å². The Balaban J connectivity index is 2.13. The van der Waals surface area contributed by atoms with Crippen molar-refractivity contribution >= 4 is 29.2 Å². The Hall–Kier alpha value is -2.73. The molecular weight excluding hydrogens is 406 g/mol. The molecule has 1 N–H and O–H groups in total. The van der Waals surface area contributed by atoms with Crippen LogP contribution < -0.4 is 14.8 Å². The first-order chi connectivity index (χ1) is 14.3. The van der Waals surface area contributed by atoms with Crippen molar-refractivity contribution in [1.82, 2.24) is 0 Å². The average molecular weight is 434 g/mol. The number of hydrogen-bond donors (Lipinski definition) is 1. The van der Waals surface area contributed by atoms with Gasteiger partial charge in [0.1, 0.15) is 0 Å². The van der Waals surface area contributed by atoms with Gasteiger partial charge in [-0.2, -0.15) is 0 Å². The second kappa shape index (κ2) is 10.9. The summed E-state index contributed by atoms with van der Waals surface area (Å²) in [6.45, 7) is 7.92. The number of halogens is 1. The highest BCUT2D eigenvalue weighted by Gasteiger charge is 2.23. The molecule has 30 heavy (non-hydrogen) atoms. The number of ether oxygens (including phenoxy) is 3. The average Bonchev–Trinajstić information content (AvgIpc) is 2.74. The standard InChI is InChI=1S/C23H28ClNO5/c1-6-14(3)17-10-8-9-11-19(17)25-22(26)15(4)30-23(27)16-12-18(24)21(29-7-2)20(13-16)28-5/h8-15H,6-7H2,1-5H3,(H,25,26). The second-order valence-electron chi connectivity index (χ2n) is 6.86. The molecule has 0 aliphatic heterocycles. The normalized spacial score (nSPS) is 12.6. The first-order valence-corrected chi connectivity index (χ1v) is 10.3. The van der Waals surface area contributed by atoms with Crippen LogP contribution >= 0.6 is 11.6 Å². The lowest BCUT2D eigenvalue weighted by atomic mass is 9.97. The summed E-state index contributed by atoms with van der Waals surface area (Å²) in [5.41, 5.74) is 1.92. The molecule has 0 radical (unpaired) electrons. The molecule has 2 rings (SSSR count). The summed E-state index contributed by atoms with van der Waals surface area (Å²) in [7, 11) is 1.45. The van der Waals surface area contributed by atoms with Crippen molar-refractivity contribution in [2.75, 3.05) is 19.0 Å². The molecule has 6 nitrogen and oxygen atoms in total. The molecular formula is C23H28ClNO5. The summed E-state index contributed by atoms with van der Waals surface area (Å²) in [5, 5.41) is 3.08. The maximum absolute atomic E-state index is 12.6. The molecule has 2 aromatic rings. The monoisotopic (exact) mass is 433 g/mol. The molecule has 162 valence electrons. The molecule has 0 fully saturated rings. The lowest BCUT2D eigenvalue weighted by Gasteiger charge is -2.18. The van der Waals surface area contributed by atoms with Crippen molar-refractivity contribution in [2.45, 2.75) is 46.1 Å². The molecule has 0 bridgehead atoms. The first-order valence-electron chi connectivity index (χ1n) is 9.93. The zero-order chi connectivity index (χ0) is 22.3. The van der Waals surface area contributed by atoms with Crippen molar-refractivity contribution in [3.05, 3.63) is 52.5 Å². The molecule has 0 aliphatic carbocycles. The van der Waals surface area contributed by atoms with Gasteiger partial charge >= 0.3 is 5.97 Å². The summed E-state index contributed by atoms with van der Waals surface area (Å²) in [6, 6.07) is 10.5. The first kappa shape index (κ1) is 23.5. The van der Waals surface area contributed by atoms with E-state index in [2.05, 4.69) is 19.2 Å². The highest BCUT2D eigenvalue weighted by Crippen LogP contribution is 2.36. The molecule has 2 unspecified atom stereocenters. The summed E-state index contributed by atoms with van der Waals surface area (Å²) >= 11 is 6.21. The van der Waals surface area contributed by atoms with E-state index in [9.17, 15) is 9.59 Å². The zero-order valence-corrected chi connectivity index (χ0v) is 18.7. The van der Waals surface area contributed by atoms with Gasteiger partial charge in [0.15, 0.2) is 17.6 Å². The number of para-hydroxylation sites is 1. The van der Waals surface area contributed by atoms with Gasteiger partial charge in [-0.3, -0.25) is 4.79 Å². The Labute approximate surface area is 182 Å². The number of hydrogen-bond acceptors (Lipinski definition) is 5. The van der Waals surface area contributed by atoms with Gasteiger partial charge in [0.25, 0.3) is 5.91 Å². The van der Waals surface area contributed by atoms with Crippen LogP contribution in [0.25, 0.3) is 0 Å². The van der Waals surface area contributed by atoms with Crippen LogP contribution in [0.3, 0.4) is 0 Å². The molecule has 2 aromatic carbocycles. The summed E-state index contributed by atoms with van der Waals surface area (Å²) in [5.74, 6) is -0.140. The molecule has 0 saturated carbocycles. The lowest BCUT2D eigenvalue weighted by Crippen LogP contribution is -2.30. The highest BCUT2D eigenvalue weighted by atomic mass is 35.5. The van der Waals surface area contributed by atoms with Crippen molar-refractivity contribution in [3.8, 4) is 11.5 Å². The fourth-order valence-corrected chi connectivity index (χ4v) is 3.16. The third-order valence-electron chi connectivity index (χ3n) is 4.77. The van der Waals surface area contributed by atoms with E-state index >= 15 is 0 Å². The van der Waals surface area contributed by atoms with E-state index in [1.165, 1.54) is 26.2 Å². The van der Waals surface area contributed by atoms with Crippen molar-refractivity contribution in [1.29, 1.82) is 0 Å². The van der Waals surface area contributed by atoms with Crippen LogP contribution in [0.2, 0.25) is 5.02 Å². The van der Waals surface area contributed by atoms with Gasteiger partial charge in [0, 0.05) is 5.69 Å². The fourth-order valence-electron chi connectivity index (χ4n) is 2.90. The summed E-state index contributed by atoms with van der Waals surface area (Å²) < 4.78 is 16.0. The number of esters is 1. The minimum Gasteiger partial charge on any atom is -0.493 e. The van der Waals surface area contributed by atoms with Gasteiger partial charge in [-0.25, -0.2) is 4.79 Å². The second-order valence-corrected chi connectivity index (χ2v) is 7.26. The Kier molecular flexibility index (Phi) is 8.54. The predicted octanol–water partition coefficient (Wildman–Crippen LogP) is 5.44. The van der Waals surface area contributed by atoms with Crippen LogP contribution in [0.4, 0.5) is 5.69 Å². The number of carbonyl (C=O) groups is 2. The van der Waals surface area contributed by atoms with Gasteiger partial charge in [-0.15, -0.1) is 0 Å². The molecule has 0 aliphatic rings. The van der Waals surface area contributed by atoms with Crippen molar-refractivity contribution in [3.63, 3.8) is 0 Å². The largest absolute Gasteiger partial charge is 0.493 e. The minimum absolute atomic E-state index is 0.167. The van der Waals surface area contributed by atoms with E-state index in [1.54, 1.807) is 0 Å². The van der Waals surface area contributed by atoms with Crippen LogP contribution in [0.5, 0.6) is 11.5 Å². The maximum Gasteiger partial charge on any atom is 0.339 e. The van der Waals surface area contributed by atoms with Crippen LogP contribution in [-0.4, -0.2) is 31.7 Å².